The smallest absolute Gasteiger partial charge is 0.338 e. The third-order valence-corrected chi connectivity index (χ3v) is 7.75. The number of thiazole rings is 1. The van der Waals surface area contributed by atoms with Crippen LogP contribution in [-0.2, 0) is 29.1 Å². The number of ether oxygens (including phenoxy) is 2. The highest BCUT2D eigenvalue weighted by molar-refractivity contribution is 7.18. The van der Waals surface area contributed by atoms with Crippen molar-refractivity contribution in [3.8, 4) is 21.1 Å². The SMILES string of the molecule is CCOC(=O)c1ccnc(CN(Cc2cc(C(=O)OCC)ccn2)Cc2cccc(-c3ncc(-c4ccc(C)cc4)s3)n2)c1. The number of aromatic nitrogens is 4. The van der Waals surface area contributed by atoms with E-state index in [1.54, 1.807) is 61.8 Å². The Morgan fingerprint density at radius 1 is 0.750 bits per heavy atom. The highest BCUT2D eigenvalue weighted by Gasteiger charge is 2.16. The Hall–Kier alpha value is -4.80. The van der Waals surface area contributed by atoms with Gasteiger partial charge in [0.2, 0.25) is 0 Å². The molecule has 0 saturated heterocycles. The zero-order valence-corrected chi connectivity index (χ0v) is 25.7. The molecule has 5 aromatic rings. The Morgan fingerprint density at radius 2 is 1.34 bits per heavy atom. The van der Waals surface area contributed by atoms with Crippen molar-refractivity contribution in [2.24, 2.45) is 0 Å². The molecule has 5 rings (SSSR count). The quantitative estimate of drug-likeness (QED) is 0.146. The van der Waals surface area contributed by atoms with Crippen molar-refractivity contribution in [1.29, 1.82) is 0 Å². The van der Waals surface area contributed by atoms with Crippen LogP contribution in [0.25, 0.3) is 21.1 Å². The van der Waals surface area contributed by atoms with E-state index in [1.807, 2.05) is 24.4 Å². The summed E-state index contributed by atoms with van der Waals surface area (Å²) in [5.74, 6) is -0.788. The molecule has 224 valence electrons. The number of nitrogens with zero attached hydrogens (tertiary/aromatic N) is 5. The topological polar surface area (TPSA) is 107 Å². The van der Waals surface area contributed by atoms with Gasteiger partial charge in [0.1, 0.15) is 5.01 Å². The van der Waals surface area contributed by atoms with Crippen molar-refractivity contribution >= 4 is 23.3 Å². The van der Waals surface area contributed by atoms with Gasteiger partial charge in [0.15, 0.2) is 0 Å². The second kappa shape index (κ2) is 14.6. The molecule has 0 unspecified atom stereocenters. The lowest BCUT2D eigenvalue weighted by Gasteiger charge is -2.22. The van der Waals surface area contributed by atoms with Crippen molar-refractivity contribution in [3.63, 3.8) is 0 Å². The lowest BCUT2D eigenvalue weighted by atomic mass is 10.1. The largest absolute Gasteiger partial charge is 0.462 e. The van der Waals surface area contributed by atoms with Gasteiger partial charge in [-0.1, -0.05) is 35.9 Å². The van der Waals surface area contributed by atoms with Crippen molar-refractivity contribution in [2.45, 2.75) is 40.4 Å². The molecule has 9 nitrogen and oxygen atoms in total. The molecule has 10 heteroatoms. The lowest BCUT2D eigenvalue weighted by molar-refractivity contribution is 0.0516. The Morgan fingerprint density at radius 3 is 1.93 bits per heavy atom. The van der Waals surface area contributed by atoms with Gasteiger partial charge >= 0.3 is 11.9 Å². The van der Waals surface area contributed by atoms with Crippen LogP contribution in [0.4, 0.5) is 0 Å². The third-order valence-electron chi connectivity index (χ3n) is 6.68. The van der Waals surface area contributed by atoms with Gasteiger partial charge < -0.3 is 9.47 Å². The molecule has 0 N–H and O–H groups in total. The van der Waals surface area contributed by atoms with E-state index in [0.29, 0.717) is 55.4 Å². The van der Waals surface area contributed by atoms with E-state index >= 15 is 0 Å². The first kappa shape index (κ1) is 30.7. The van der Waals surface area contributed by atoms with Crippen molar-refractivity contribution in [3.05, 3.63) is 119 Å². The van der Waals surface area contributed by atoms with Gasteiger partial charge in [0.25, 0.3) is 0 Å². The molecule has 1 aromatic carbocycles. The fourth-order valence-corrected chi connectivity index (χ4v) is 5.49. The van der Waals surface area contributed by atoms with Crippen molar-refractivity contribution < 1.29 is 19.1 Å². The molecule has 4 aromatic heterocycles. The van der Waals surface area contributed by atoms with E-state index in [2.05, 4.69) is 51.0 Å². The molecule has 0 bridgehead atoms. The second-order valence-electron chi connectivity index (χ2n) is 10.1. The Labute approximate surface area is 260 Å². The van der Waals surface area contributed by atoms with Crippen molar-refractivity contribution in [2.75, 3.05) is 13.2 Å². The average Bonchev–Trinajstić information content (AvgIpc) is 3.53. The van der Waals surface area contributed by atoms with Gasteiger partial charge in [0.05, 0.1) is 52.0 Å². The van der Waals surface area contributed by atoms with Gasteiger partial charge in [-0.25, -0.2) is 19.6 Å². The maximum Gasteiger partial charge on any atom is 0.338 e. The van der Waals surface area contributed by atoms with E-state index in [9.17, 15) is 9.59 Å². The Balaban J connectivity index is 1.40. The van der Waals surface area contributed by atoms with Gasteiger partial charge in [-0.2, -0.15) is 0 Å². The second-order valence-corrected chi connectivity index (χ2v) is 11.1. The van der Waals surface area contributed by atoms with Gasteiger partial charge in [-0.05, 0) is 62.7 Å². The first-order chi connectivity index (χ1) is 21.4. The Kier molecular flexibility index (Phi) is 10.2. The maximum absolute atomic E-state index is 12.4. The molecule has 0 aliphatic heterocycles. The van der Waals surface area contributed by atoms with E-state index in [0.717, 1.165) is 26.8 Å². The summed E-state index contributed by atoms with van der Waals surface area (Å²) in [4.78, 5) is 46.5. The predicted molar refractivity (Wildman–Crippen MR) is 169 cm³/mol. The fraction of sp³-hybridized carbons (Fsp3) is 0.235. The molecule has 44 heavy (non-hydrogen) atoms. The van der Waals surface area contributed by atoms with E-state index < -0.39 is 11.9 Å². The molecule has 0 saturated carbocycles. The minimum absolute atomic E-state index is 0.290. The number of hydrogen-bond acceptors (Lipinski definition) is 10. The monoisotopic (exact) mass is 607 g/mol. The summed E-state index contributed by atoms with van der Waals surface area (Å²) in [6.45, 7) is 7.46. The molecule has 0 amide bonds. The van der Waals surface area contributed by atoms with Crippen LogP contribution in [0.15, 0.2) is 85.3 Å². The van der Waals surface area contributed by atoms with Crippen molar-refractivity contribution in [1.82, 2.24) is 24.8 Å². The molecule has 0 atom stereocenters. The number of rotatable bonds is 12. The first-order valence-electron chi connectivity index (χ1n) is 14.4. The van der Waals surface area contributed by atoms with Crippen LogP contribution in [0.3, 0.4) is 0 Å². The minimum atomic E-state index is -0.394. The van der Waals surface area contributed by atoms with Crippen LogP contribution >= 0.6 is 11.3 Å². The van der Waals surface area contributed by atoms with Crippen LogP contribution < -0.4 is 0 Å². The number of benzene rings is 1. The number of pyridine rings is 3. The van der Waals surface area contributed by atoms with E-state index in [4.69, 9.17) is 14.5 Å². The molecule has 0 fully saturated rings. The molecule has 0 spiro atoms. The zero-order valence-electron chi connectivity index (χ0n) is 24.9. The summed E-state index contributed by atoms with van der Waals surface area (Å²) in [6.07, 6.45) is 5.09. The van der Waals surface area contributed by atoms with Gasteiger partial charge in [0, 0.05) is 38.2 Å². The number of carbonyl (C=O) groups excluding carboxylic acids is 2. The summed E-state index contributed by atoms with van der Waals surface area (Å²) in [5.41, 5.74) is 6.21. The Bertz CT molecular complexity index is 1670. The summed E-state index contributed by atoms with van der Waals surface area (Å²) < 4.78 is 10.4. The average molecular weight is 608 g/mol. The highest BCUT2D eigenvalue weighted by Crippen LogP contribution is 2.31. The van der Waals surface area contributed by atoms with Crippen LogP contribution in [0.1, 0.15) is 57.2 Å². The normalized spacial score (nSPS) is 11.0. The maximum atomic E-state index is 12.4. The number of hydrogen-bond donors (Lipinski definition) is 0. The van der Waals surface area contributed by atoms with Crippen LogP contribution in [0, 0.1) is 6.92 Å². The molecule has 0 radical (unpaired) electrons. The number of aryl methyl sites for hydroxylation is 1. The molecule has 0 aliphatic carbocycles. The number of carbonyl (C=O) groups is 2. The van der Waals surface area contributed by atoms with Gasteiger partial charge in [-0.15, -0.1) is 11.3 Å². The summed E-state index contributed by atoms with van der Waals surface area (Å²) in [7, 11) is 0. The summed E-state index contributed by atoms with van der Waals surface area (Å²) >= 11 is 1.60. The lowest BCUT2D eigenvalue weighted by Crippen LogP contribution is -2.24. The third kappa shape index (κ3) is 7.97. The highest BCUT2D eigenvalue weighted by atomic mass is 32.1. The molecule has 0 aliphatic rings. The van der Waals surface area contributed by atoms with Gasteiger partial charge in [-0.3, -0.25) is 14.9 Å². The first-order valence-corrected chi connectivity index (χ1v) is 15.2. The minimum Gasteiger partial charge on any atom is -0.462 e. The van der Waals surface area contributed by atoms with Crippen LogP contribution in [0.2, 0.25) is 0 Å². The molecular formula is C34H33N5O4S. The fourth-order valence-electron chi connectivity index (χ4n) is 4.60. The van der Waals surface area contributed by atoms with Crippen LogP contribution in [-0.4, -0.2) is 50.0 Å². The van der Waals surface area contributed by atoms with Crippen LogP contribution in [0.5, 0.6) is 0 Å². The molecular weight excluding hydrogens is 574 g/mol. The summed E-state index contributed by atoms with van der Waals surface area (Å²) in [6, 6.07) is 21.0. The molecule has 4 heterocycles. The zero-order chi connectivity index (χ0) is 30.9. The number of esters is 2. The van der Waals surface area contributed by atoms with E-state index in [1.165, 1.54) is 5.56 Å². The summed E-state index contributed by atoms with van der Waals surface area (Å²) in [5, 5.41) is 0.835. The van der Waals surface area contributed by atoms with E-state index in [-0.39, 0.29) is 0 Å². The standard InChI is InChI=1S/C34H33N5O4S/c1-4-42-33(40)25-13-15-35-28(17-25)21-39(22-29-18-26(14-16-36-29)34(41)43-5-2)20-27-7-6-8-30(38-27)32-37-19-31(44-32)24-11-9-23(3)10-12-24/h6-19H,4-5,20-22H2,1-3H3. The predicted octanol–water partition coefficient (Wildman–Crippen LogP) is 6.53.